The molecule has 0 bridgehead atoms. The Balaban J connectivity index is 3.09. The normalized spacial score (nSPS) is 10.2. The van der Waals surface area contributed by atoms with Gasteiger partial charge in [0.15, 0.2) is 5.78 Å². The molecular formula is C13H14BrClO3. The summed E-state index contributed by atoms with van der Waals surface area (Å²) >= 11 is 8.98. The molecule has 0 N–H and O–H groups in total. The van der Waals surface area contributed by atoms with Crippen LogP contribution in [0.4, 0.5) is 0 Å². The van der Waals surface area contributed by atoms with Crippen molar-refractivity contribution in [1.29, 1.82) is 0 Å². The predicted octanol–water partition coefficient (Wildman–Crippen LogP) is 3.57. The van der Waals surface area contributed by atoms with Gasteiger partial charge in [-0.25, -0.2) is 4.79 Å². The Morgan fingerprint density at radius 2 is 2.11 bits per heavy atom. The number of rotatable bonds is 6. The zero-order valence-corrected chi connectivity index (χ0v) is 12.4. The lowest BCUT2D eigenvalue weighted by atomic mass is 10.0. The van der Waals surface area contributed by atoms with Crippen molar-refractivity contribution in [2.45, 2.75) is 19.2 Å². The standard InChI is InChI=1S/C13H14BrClO3/c1-2-18-13(17)11-7-9(12(16)5-6-14)3-4-10(11)8-15/h3-4,7H,2,5-6,8H2,1H3. The van der Waals surface area contributed by atoms with Crippen LogP contribution in [0.15, 0.2) is 18.2 Å². The van der Waals surface area contributed by atoms with Gasteiger partial charge in [-0.2, -0.15) is 0 Å². The van der Waals surface area contributed by atoms with Crippen molar-refractivity contribution in [3.63, 3.8) is 0 Å². The van der Waals surface area contributed by atoms with E-state index in [-0.39, 0.29) is 11.7 Å². The zero-order valence-electron chi connectivity index (χ0n) is 10.0. The summed E-state index contributed by atoms with van der Waals surface area (Å²) in [7, 11) is 0. The second-order valence-corrected chi connectivity index (χ2v) is 4.65. The number of benzene rings is 1. The van der Waals surface area contributed by atoms with E-state index < -0.39 is 5.97 Å². The minimum absolute atomic E-state index is 0.0152. The van der Waals surface area contributed by atoms with E-state index in [1.165, 1.54) is 0 Å². The number of ether oxygens (including phenoxy) is 1. The molecule has 5 heteroatoms. The second kappa shape index (κ2) is 7.54. The Hall–Kier alpha value is -0.870. The Labute approximate surface area is 120 Å². The molecule has 0 fully saturated rings. The first-order valence-electron chi connectivity index (χ1n) is 5.59. The van der Waals surface area contributed by atoms with Crippen molar-refractivity contribution in [1.82, 2.24) is 0 Å². The van der Waals surface area contributed by atoms with Crippen LogP contribution in [0.25, 0.3) is 0 Å². The van der Waals surface area contributed by atoms with Crippen molar-refractivity contribution in [3.05, 3.63) is 34.9 Å². The highest BCUT2D eigenvalue weighted by Gasteiger charge is 2.15. The number of hydrogen-bond donors (Lipinski definition) is 0. The third kappa shape index (κ3) is 3.82. The Bertz CT molecular complexity index is 446. The van der Waals surface area contributed by atoms with Crippen molar-refractivity contribution < 1.29 is 14.3 Å². The van der Waals surface area contributed by atoms with Crippen molar-refractivity contribution in [2.24, 2.45) is 0 Å². The molecule has 0 heterocycles. The average molecular weight is 334 g/mol. The van der Waals surface area contributed by atoms with Gasteiger partial charge in [0.25, 0.3) is 0 Å². The molecule has 0 saturated carbocycles. The largest absolute Gasteiger partial charge is 0.462 e. The summed E-state index contributed by atoms with van der Waals surface area (Å²) in [6.07, 6.45) is 0.391. The first kappa shape index (κ1) is 15.2. The summed E-state index contributed by atoms with van der Waals surface area (Å²) in [6.45, 7) is 2.03. The molecule has 0 atom stereocenters. The fraction of sp³-hybridized carbons (Fsp3) is 0.385. The summed E-state index contributed by atoms with van der Waals surface area (Å²) in [5.41, 5.74) is 1.55. The second-order valence-electron chi connectivity index (χ2n) is 3.59. The third-order valence-corrected chi connectivity index (χ3v) is 3.08. The maximum atomic E-state index is 11.8. The summed E-state index contributed by atoms with van der Waals surface area (Å²) in [4.78, 5) is 23.5. The molecule has 1 aromatic carbocycles. The minimum Gasteiger partial charge on any atom is -0.462 e. The minimum atomic E-state index is -0.443. The zero-order chi connectivity index (χ0) is 13.5. The Morgan fingerprint density at radius 1 is 1.39 bits per heavy atom. The van der Waals surface area contributed by atoms with E-state index in [9.17, 15) is 9.59 Å². The average Bonchev–Trinajstić information content (AvgIpc) is 2.38. The van der Waals surface area contributed by atoms with E-state index in [0.29, 0.717) is 35.0 Å². The molecule has 0 aliphatic rings. The molecule has 0 spiro atoms. The molecule has 0 aliphatic heterocycles. The van der Waals surface area contributed by atoms with Crippen LogP contribution in [0.2, 0.25) is 0 Å². The van der Waals surface area contributed by atoms with Crippen LogP contribution in [-0.4, -0.2) is 23.7 Å². The summed E-state index contributed by atoms with van der Waals surface area (Å²) in [5.74, 6) is -0.249. The van der Waals surface area contributed by atoms with Gasteiger partial charge in [-0.15, -0.1) is 11.6 Å². The summed E-state index contributed by atoms with van der Waals surface area (Å²) in [6, 6.07) is 4.94. The number of hydrogen-bond acceptors (Lipinski definition) is 3. The van der Waals surface area contributed by atoms with Gasteiger partial charge < -0.3 is 4.74 Å². The summed E-state index contributed by atoms with van der Waals surface area (Å²) < 4.78 is 4.95. The Morgan fingerprint density at radius 3 is 2.67 bits per heavy atom. The molecule has 18 heavy (non-hydrogen) atoms. The highest BCUT2D eigenvalue weighted by molar-refractivity contribution is 9.09. The molecule has 0 saturated heterocycles. The van der Waals surface area contributed by atoms with Gasteiger partial charge in [0.05, 0.1) is 12.2 Å². The Kier molecular flexibility index (Phi) is 6.36. The van der Waals surface area contributed by atoms with Gasteiger partial charge in [-0.1, -0.05) is 28.1 Å². The number of halogens is 2. The van der Waals surface area contributed by atoms with E-state index in [1.54, 1.807) is 25.1 Å². The van der Waals surface area contributed by atoms with Crippen LogP contribution in [-0.2, 0) is 10.6 Å². The van der Waals surface area contributed by atoms with E-state index >= 15 is 0 Å². The molecule has 98 valence electrons. The van der Waals surface area contributed by atoms with Gasteiger partial charge >= 0.3 is 5.97 Å². The molecule has 0 amide bonds. The van der Waals surface area contributed by atoms with E-state index in [0.717, 1.165) is 0 Å². The van der Waals surface area contributed by atoms with Crippen LogP contribution in [0.5, 0.6) is 0 Å². The number of ketones is 1. The molecule has 1 rings (SSSR count). The number of Topliss-reactive ketones (excluding diaryl/α,β-unsaturated/α-hetero) is 1. The van der Waals surface area contributed by atoms with Crippen molar-refractivity contribution in [3.8, 4) is 0 Å². The van der Waals surface area contributed by atoms with E-state index in [4.69, 9.17) is 16.3 Å². The molecule has 0 aliphatic carbocycles. The quantitative estimate of drug-likeness (QED) is 0.454. The van der Waals surface area contributed by atoms with Crippen LogP contribution < -0.4 is 0 Å². The number of carbonyl (C=O) groups is 2. The van der Waals surface area contributed by atoms with Gasteiger partial charge in [0.1, 0.15) is 0 Å². The van der Waals surface area contributed by atoms with Crippen LogP contribution >= 0.6 is 27.5 Å². The van der Waals surface area contributed by atoms with E-state index in [2.05, 4.69) is 15.9 Å². The van der Waals surface area contributed by atoms with Gasteiger partial charge in [0, 0.05) is 23.2 Å². The van der Waals surface area contributed by atoms with Crippen LogP contribution in [0, 0.1) is 0 Å². The fourth-order valence-corrected chi connectivity index (χ4v) is 2.09. The summed E-state index contributed by atoms with van der Waals surface area (Å²) in [5, 5.41) is 0.595. The van der Waals surface area contributed by atoms with Gasteiger partial charge in [0.2, 0.25) is 0 Å². The molecular weight excluding hydrogens is 319 g/mol. The first-order valence-corrected chi connectivity index (χ1v) is 7.24. The predicted molar refractivity (Wildman–Crippen MR) is 74.7 cm³/mol. The van der Waals surface area contributed by atoms with Gasteiger partial charge in [-0.05, 0) is 18.6 Å². The maximum Gasteiger partial charge on any atom is 0.338 e. The highest BCUT2D eigenvalue weighted by atomic mass is 79.9. The van der Waals surface area contributed by atoms with Crippen molar-refractivity contribution in [2.75, 3.05) is 11.9 Å². The molecule has 0 aromatic heterocycles. The molecule has 0 unspecified atom stereocenters. The topological polar surface area (TPSA) is 43.4 Å². The molecule has 3 nitrogen and oxygen atoms in total. The van der Waals surface area contributed by atoms with Crippen LogP contribution in [0.1, 0.15) is 39.6 Å². The number of esters is 1. The third-order valence-electron chi connectivity index (χ3n) is 2.39. The first-order chi connectivity index (χ1) is 8.63. The lowest BCUT2D eigenvalue weighted by Gasteiger charge is -2.08. The number of carbonyl (C=O) groups excluding carboxylic acids is 2. The molecule has 1 aromatic rings. The highest BCUT2D eigenvalue weighted by Crippen LogP contribution is 2.17. The number of alkyl halides is 2. The van der Waals surface area contributed by atoms with E-state index in [1.807, 2.05) is 0 Å². The molecule has 0 radical (unpaired) electrons. The fourth-order valence-electron chi connectivity index (χ4n) is 1.50. The van der Waals surface area contributed by atoms with Crippen LogP contribution in [0.3, 0.4) is 0 Å². The lowest BCUT2D eigenvalue weighted by Crippen LogP contribution is -2.10. The lowest BCUT2D eigenvalue weighted by molar-refractivity contribution is 0.0525. The smallest absolute Gasteiger partial charge is 0.338 e. The van der Waals surface area contributed by atoms with Gasteiger partial charge in [-0.3, -0.25) is 4.79 Å². The monoisotopic (exact) mass is 332 g/mol. The SMILES string of the molecule is CCOC(=O)c1cc(C(=O)CCBr)ccc1CCl. The van der Waals surface area contributed by atoms with Crippen molar-refractivity contribution >= 4 is 39.3 Å². The maximum absolute atomic E-state index is 11.8.